The number of nitrogens with one attached hydrogen (secondary N) is 1. The first kappa shape index (κ1) is 38.3. The summed E-state index contributed by atoms with van der Waals surface area (Å²) in [5, 5.41) is 3.37. The Morgan fingerprint density at radius 3 is 1.62 bits per heavy atom. The van der Waals surface area contributed by atoms with E-state index in [2.05, 4.69) is 78.4 Å². The zero-order valence-corrected chi connectivity index (χ0v) is 30.3. The van der Waals surface area contributed by atoms with Gasteiger partial charge in [0, 0.05) is 32.7 Å². The van der Waals surface area contributed by atoms with E-state index in [1.54, 1.807) is 0 Å². The maximum Gasteiger partial charge on any atom is 0.336 e. The molecular formula is C32H63N5O3Si2. The average molecular weight is 622 g/mol. The smallest absolute Gasteiger partial charge is 0.329 e. The molecule has 0 saturated carbocycles. The van der Waals surface area contributed by atoms with Gasteiger partial charge in [0.1, 0.15) is 0 Å². The van der Waals surface area contributed by atoms with Gasteiger partial charge in [0.2, 0.25) is 0 Å². The standard InChI is InChI=1S/C32H63N5O3Si2/c1-11-41(8,9)26-16-24-36-28(38)35(29(39)37(30(36)40)25-17-27-42(10,12-2)13-3)23-15-19-32(6,7)31(4,5)18-14-21-34-22-20-33/h11-12,34H,1-2,13-27,33H2,3-10H3. The third-order valence-corrected chi connectivity index (χ3v) is 16.9. The van der Waals surface area contributed by atoms with Gasteiger partial charge < -0.3 is 11.1 Å². The molecule has 0 bridgehead atoms. The lowest BCUT2D eigenvalue weighted by Gasteiger charge is -2.42. The Kier molecular flexibility index (Phi) is 15.4. The summed E-state index contributed by atoms with van der Waals surface area (Å²) in [7, 11) is -3.16. The molecule has 1 heterocycles. The number of hydrogen-bond acceptors (Lipinski definition) is 5. The van der Waals surface area contributed by atoms with E-state index in [1.807, 2.05) is 5.70 Å². The molecule has 0 aliphatic rings. The lowest BCUT2D eigenvalue weighted by atomic mass is 9.63. The van der Waals surface area contributed by atoms with Crippen LogP contribution in [0.4, 0.5) is 0 Å². The number of nitrogens with two attached hydrogens (primary N) is 1. The molecule has 0 aliphatic carbocycles. The molecule has 242 valence electrons. The summed E-state index contributed by atoms with van der Waals surface area (Å²) in [6.45, 7) is 29.5. The second-order valence-corrected chi connectivity index (χ2v) is 24.2. The van der Waals surface area contributed by atoms with Crippen LogP contribution in [0.5, 0.6) is 0 Å². The largest absolute Gasteiger partial charge is 0.336 e. The highest BCUT2D eigenvalue weighted by atomic mass is 28.3. The summed E-state index contributed by atoms with van der Waals surface area (Å²) in [6, 6.07) is 2.98. The van der Waals surface area contributed by atoms with Crippen molar-refractivity contribution in [2.45, 2.75) is 131 Å². The maximum absolute atomic E-state index is 13.6. The first-order chi connectivity index (χ1) is 19.5. The highest BCUT2D eigenvalue weighted by Gasteiger charge is 2.36. The van der Waals surface area contributed by atoms with Crippen molar-refractivity contribution in [3.63, 3.8) is 0 Å². The van der Waals surface area contributed by atoms with Gasteiger partial charge in [-0.3, -0.25) is 0 Å². The third kappa shape index (κ3) is 11.1. The van der Waals surface area contributed by atoms with Gasteiger partial charge in [0.15, 0.2) is 0 Å². The molecule has 10 heteroatoms. The lowest BCUT2D eigenvalue weighted by Crippen LogP contribution is -2.54. The highest BCUT2D eigenvalue weighted by Crippen LogP contribution is 2.45. The van der Waals surface area contributed by atoms with Crippen molar-refractivity contribution < 1.29 is 0 Å². The second kappa shape index (κ2) is 16.9. The predicted octanol–water partition coefficient (Wildman–Crippen LogP) is 5.37. The molecule has 0 fully saturated rings. The van der Waals surface area contributed by atoms with Crippen LogP contribution in [0, 0.1) is 10.8 Å². The Labute approximate surface area is 257 Å². The average Bonchev–Trinajstić information content (AvgIpc) is 2.93. The van der Waals surface area contributed by atoms with Crippen LogP contribution in [0.3, 0.4) is 0 Å². The van der Waals surface area contributed by atoms with E-state index in [4.69, 9.17) is 5.73 Å². The van der Waals surface area contributed by atoms with E-state index in [1.165, 1.54) is 13.7 Å². The fraction of sp³-hybridized carbons (Fsp3) is 0.781. The molecule has 3 N–H and O–H groups in total. The Morgan fingerprint density at radius 2 is 1.19 bits per heavy atom. The molecule has 0 aromatic carbocycles. The minimum Gasteiger partial charge on any atom is -0.329 e. The molecule has 1 aromatic rings. The Balaban J connectivity index is 3.21. The molecule has 0 amide bonds. The van der Waals surface area contributed by atoms with Gasteiger partial charge in [-0.15, -0.1) is 24.6 Å². The van der Waals surface area contributed by atoms with Gasteiger partial charge in [-0.05, 0) is 55.9 Å². The van der Waals surface area contributed by atoms with E-state index in [0.29, 0.717) is 32.6 Å². The van der Waals surface area contributed by atoms with Gasteiger partial charge in [-0.25, -0.2) is 28.1 Å². The first-order valence-corrected chi connectivity index (χ1v) is 22.4. The van der Waals surface area contributed by atoms with E-state index in [0.717, 1.165) is 63.3 Å². The third-order valence-electron chi connectivity index (χ3n) is 10.1. The molecule has 1 rings (SSSR count). The van der Waals surface area contributed by atoms with Crippen molar-refractivity contribution in [1.82, 2.24) is 19.0 Å². The molecule has 1 aromatic heterocycles. The fourth-order valence-electron chi connectivity index (χ4n) is 5.35. The summed E-state index contributed by atoms with van der Waals surface area (Å²) in [5.74, 6) is 0. The molecule has 0 spiro atoms. The summed E-state index contributed by atoms with van der Waals surface area (Å²) >= 11 is 0. The SMILES string of the molecule is C=C[Si](C)(C)CCCn1c(=O)n(CCCC(C)(C)C(C)(C)CCCNCCN)c(=O)n(CCC[Si](C)(C=C)CC)c1=O. The quantitative estimate of drug-likeness (QED) is 0.134. The molecule has 8 nitrogen and oxygen atoms in total. The van der Waals surface area contributed by atoms with Crippen molar-refractivity contribution in [2.75, 3.05) is 19.6 Å². The Morgan fingerprint density at radius 1 is 0.738 bits per heavy atom. The van der Waals surface area contributed by atoms with Crippen LogP contribution >= 0.6 is 0 Å². The molecule has 0 aliphatic heterocycles. The zero-order chi connectivity index (χ0) is 32.2. The minimum atomic E-state index is -1.59. The topological polar surface area (TPSA) is 104 Å². The summed E-state index contributed by atoms with van der Waals surface area (Å²) in [6.07, 6.45) is 5.17. The first-order valence-electron chi connectivity index (χ1n) is 16.1. The van der Waals surface area contributed by atoms with Crippen LogP contribution in [0.25, 0.3) is 0 Å². The fourth-order valence-corrected chi connectivity index (χ4v) is 8.44. The highest BCUT2D eigenvalue weighted by molar-refractivity contribution is 6.83. The lowest BCUT2D eigenvalue weighted by molar-refractivity contribution is 0.0814. The molecule has 1 atom stereocenters. The van der Waals surface area contributed by atoms with Crippen LogP contribution in [0.15, 0.2) is 38.9 Å². The van der Waals surface area contributed by atoms with Crippen molar-refractivity contribution in [3.8, 4) is 0 Å². The number of nitrogens with zero attached hydrogens (tertiary/aromatic N) is 3. The number of hydrogen-bond donors (Lipinski definition) is 2. The van der Waals surface area contributed by atoms with E-state index >= 15 is 0 Å². The zero-order valence-electron chi connectivity index (χ0n) is 28.3. The second-order valence-electron chi connectivity index (χ2n) is 14.4. The van der Waals surface area contributed by atoms with E-state index < -0.39 is 33.2 Å². The summed E-state index contributed by atoms with van der Waals surface area (Å²) < 4.78 is 3.94. The summed E-state index contributed by atoms with van der Waals surface area (Å²) in [5.41, 5.74) is 8.42. The van der Waals surface area contributed by atoms with Gasteiger partial charge in [-0.2, -0.15) is 0 Å². The molecule has 0 radical (unpaired) electrons. The molecule has 1 unspecified atom stereocenters. The minimum absolute atomic E-state index is 0.0127. The Bertz CT molecular complexity index is 1180. The summed E-state index contributed by atoms with van der Waals surface area (Å²) in [4.78, 5) is 40.7. The van der Waals surface area contributed by atoms with E-state index in [-0.39, 0.29) is 10.8 Å². The Hall–Kier alpha value is -1.76. The molecule has 42 heavy (non-hydrogen) atoms. The number of rotatable bonds is 22. The van der Waals surface area contributed by atoms with Crippen LogP contribution < -0.4 is 28.1 Å². The van der Waals surface area contributed by atoms with Crippen LogP contribution in [-0.2, 0) is 19.6 Å². The molecular weight excluding hydrogens is 559 g/mol. The maximum atomic E-state index is 13.6. The van der Waals surface area contributed by atoms with Crippen molar-refractivity contribution in [3.05, 3.63) is 56.0 Å². The van der Waals surface area contributed by atoms with Gasteiger partial charge in [-0.1, -0.05) is 72.4 Å². The normalized spacial score (nSPS) is 14.1. The van der Waals surface area contributed by atoms with Gasteiger partial charge in [0.05, 0.1) is 16.1 Å². The number of aromatic nitrogens is 3. The van der Waals surface area contributed by atoms with E-state index in [9.17, 15) is 14.4 Å². The molecule has 0 saturated heterocycles. The van der Waals surface area contributed by atoms with Gasteiger partial charge >= 0.3 is 17.1 Å². The van der Waals surface area contributed by atoms with Crippen molar-refractivity contribution in [2.24, 2.45) is 16.6 Å². The van der Waals surface area contributed by atoms with Crippen molar-refractivity contribution in [1.29, 1.82) is 0 Å². The van der Waals surface area contributed by atoms with Crippen LogP contribution in [0.1, 0.15) is 73.1 Å². The van der Waals surface area contributed by atoms with Crippen molar-refractivity contribution >= 4 is 16.1 Å². The van der Waals surface area contributed by atoms with Crippen LogP contribution in [0.2, 0.25) is 37.8 Å². The van der Waals surface area contributed by atoms with Gasteiger partial charge in [0.25, 0.3) is 0 Å². The van der Waals surface area contributed by atoms with Crippen LogP contribution in [-0.4, -0.2) is 49.5 Å². The predicted molar refractivity (Wildman–Crippen MR) is 186 cm³/mol. The monoisotopic (exact) mass is 621 g/mol.